The fourth-order valence-electron chi connectivity index (χ4n) is 2.67. The second-order valence-corrected chi connectivity index (χ2v) is 4.17. The van der Waals surface area contributed by atoms with Gasteiger partial charge in [-0.3, -0.25) is 0 Å². The first-order valence-corrected chi connectivity index (χ1v) is 5.84. The summed E-state index contributed by atoms with van der Waals surface area (Å²) in [5.74, 6) is 2.27. The lowest BCUT2D eigenvalue weighted by Crippen LogP contribution is -2.17. The van der Waals surface area contributed by atoms with Gasteiger partial charge in [-0.05, 0) is 11.8 Å². The number of fused-ring (bicyclic) bond motifs is 5. The van der Waals surface area contributed by atoms with Crippen LogP contribution in [0.5, 0.6) is 0 Å². The summed E-state index contributed by atoms with van der Waals surface area (Å²) < 4.78 is 0. The molecule has 3 saturated carbocycles. The van der Waals surface area contributed by atoms with Crippen molar-refractivity contribution in [3.8, 4) is 0 Å². The topological polar surface area (TPSA) is 40.5 Å². The average Bonchev–Trinajstić information content (AvgIpc) is 2.25. The fourth-order valence-corrected chi connectivity index (χ4v) is 2.67. The van der Waals surface area contributed by atoms with E-state index in [4.69, 9.17) is 10.2 Å². The molecule has 3 aliphatic rings. The van der Waals surface area contributed by atoms with E-state index in [1.54, 1.807) is 38.5 Å². The van der Waals surface area contributed by atoms with E-state index in [2.05, 4.69) is 0 Å². The van der Waals surface area contributed by atoms with Gasteiger partial charge in [-0.25, -0.2) is 0 Å². The number of aliphatic hydroxyl groups excluding tert-OH is 2. The average molecular weight is 202 g/mol. The number of rotatable bonds is 0. The molecular formula is C12H26O2. The second-order valence-electron chi connectivity index (χ2n) is 4.17. The highest BCUT2D eigenvalue weighted by Crippen LogP contribution is 2.37. The Balaban J connectivity index is 0.000000379. The third kappa shape index (κ3) is 4.97. The first kappa shape index (κ1) is 13.9. The van der Waals surface area contributed by atoms with Gasteiger partial charge in [0.05, 0.1) is 0 Å². The van der Waals surface area contributed by atoms with Gasteiger partial charge in [-0.15, -0.1) is 0 Å². The largest absolute Gasteiger partial charge is 0.400 e. The molecule has 0 aromatic heterocycles. The molecule has 0 heterocycles. The SMILES string of the molecule is C1CCC2CCC(C1)CC2.CO.CO. The van der Waals surface area contributed by atoms with Crippen LogP contribution in [0, 0.1) is 11.8 Å². The van der Waals surface area contributed by atoms with Gasteiger partial charge < -0.3 is 10.2 Å². The van der Waals surface area contributed by atoms with E-state index in [-0.39, 0.29) is 0 Å². The third-order valence-electron chi connectivity index (χ3n) is 3.44. The standard InChI is InChI=1S/C10H18.2CH4O/c1-2-4-10-7-5-9(3-1)6-8-10;2*1-2/h9-10H,1-8H2;2*2H,1H3. The highest BCUT2D eigenvalue weighted by Gasteiger charge is 2.22. The van der Waals surface area contributed by atoms with Gasteiger partial charge in [0.2, 0.25) is 0 Å². The molecule has 2 nitrogen and oxygen atoms in total. The lowest BCUT2D eigenvalue weighted by atomic mass is 9.75. The van der Waals surface area contributed by atoms with Crippen molar-refractivity contribution in [3.63, 3.8) is 0 Å². The van der Waals surface area contributed by atoms with Gasteiger partial charge in [-0.2, -0.15) is 0 Å². The summed E-state index contributed by atoms with van der Waals surface area (Å²) in [5.41, 5.74) is 0. The summed E-state index contributed by atoms with van der Waals surface area (Å²) in [6.07, 6.45) is 12.4. The van der Waals surface area contributed by atoms with Crippen molar-refractivity contribution in [2.24, 2.45) is 11.8 Å². The van der Waals surface area contributed by atoms with Gasteiger partial charge in [0.1, 0.15) is 0 Å². The molecule has 0 spiro atoms. The minimum Gasteiger partial charge on any atom is -0.400 e. The van der Waals surface area contributed by atoms with Crippen molar-refractivity contribution >= 4 is 0 Å². The maximum atomic E-state index is 7.00. The van der Waals surface area contributed by atoms with Crippen LogP contribution in [0.4, 0.5) is 0 Å². The van der Waals surface area contributed by atoms with Gasteiger partial charge >= 0.3 is 0 Å². The van der Waals surface area contributed by atoms with Crippen molar-refractivity contribution in [1.29, 1.82) is 0 Å². The van der Waals surface area contributed by atoms with Crippen LogP contribution in [0.25, 0.3) is 0 Å². The molecule has 3 fully saturated rings. The van der Waals surface area contributed by atoms with Crippen molar-refractivity contribution in [2.75, 3.05) is 14.2 Å². The van der Waals surface area contributed by atoms with Gasteiger partial charge in [-0.1, -0.05) is 51.4 Å². The molecule has 0 saturated heterocycles. The summed E-state index contributed by atoms with van der Waals surface area (Å²) in [5, 5.41) is 14.0. The molecule has 0 aliphatic heterocycles. The lowest BCUT2D eigenvalue weighted by molar-refractivity contribution is 0.218. The van der Waals surface area contributed by atoms with E-state index in [1.807, 2.05) is 0 Å². The summed E-state index contributed by atoms with van der Waals surface area (Å²) in [6, 6.07) is 0. The van der Waals surface area contributed by atoms with Crippen LogP contribution in [0.1, 0.15) is 51.4 Å². The molecule has 0 radical (unpaired) electrons. The van der Waals surface area contributed by atoms with Crippen molar-refractivity contribution in [2.45, 2.75) is 51.4 Å². The van der Waals surface area contributed by atoms with E-state index >= 15 is 0 Å². The Morgan fingerprint density at radius 2 is 0.857 bits per heavy atom. The summed E-state index contributed by atoms with van der Waals surface area (Å²) >= 11 is 0. The summed E-state index contributed by atoms with van der Waals surface area (Å²) in [4.78, 5) is 0. The van der Waals surface area contributed by atoms with Crippen LogP contribution >= 0.6 is 0 Å². The Morgan fingerprint density at radius 1 is 0.571 bits per heavy atom. The highest BCUT2D eigenvalue weighted by molar-refractivity contribution is 4.75. The van der Waals surface area contributed by atoms with Crippen molar-refractivity contribution in [3.05, 3.63) is 0 Å². The zero-order chi connectivity index (χ0) is 10.8. The molecule has 86 valence electrons. The Morgan fingerprint density at radius 3 is 1.14 bits per heavy atom. The van der Waals surface area contributed by atoms with Crippen LogP contribution < -0.4 is 0 Å². The van der Waals surface area contributed by atoms with Crippen LogP contribution in [-0.2, 0) is 0 Å². The molecule has 3 aliphatic carbocycles. The number of aliphatic hydroxyl groups is 2. The molecule has 0 unspecified atom stereocenters. The van der Waals surface area contributed by atoms with Crippen LogP contribution in [0.3, 0.4) is 0 Å². The van der Waals surface area contributed by atoms with Gasteiger partial charge in [0.15, 0.2) is 0 Å². The maximum absolute atomic E-state index is 7.00. The summed E-state index contributed by atoms with van der Waals surface area (Å²) in [6.45, 7) is 0. The minimum atomic E-state index is 1.00. The molecule has 0 atom stereocenters. The van der Waals surface area contributed by atoms with Gasteiger partial charge in [0, 0.05) is 14.2 Å². The zero-order valence-corrected chi connectivity index (χ0v) is 9.71. The fraction of sp³-hybridized carbons (Fsp3) is 1.00. The van der Waals surface area contributed by atoms with Crippen molar-refractivity contribution in [1.82, 2.24) is 0 Å². The molecule has 0 aromatic rings. The third-order valence-corrected chi connectivity index (χ3v) is 3.44. The maximum Gasteiger partial charge on any atom is 0.0319 e. The van der Waals surface area contributed by atoms with E-state index in [9.17, 15) is 0 Å². The van der Waals surface area contributed by atoms with Crippen LogP contribution in [-0.4, -0.2) is 24.4 Å². The molecular weight excluding hydrogens is 176 g/mol. The lowest BCUT2D eigenvalue weighted by Gasteiger charge is -2.31. The van der Waals surface area contributed by atoms with Crippen LogP contribution in [0.2, 0.25) is 0 Å². The molecule has 3 rings (SSSR count). The quantitative estimate of drug-likeness (QED) is 0.634. The van der Waals surface area contributed by atoms with E-state index in [0.717, 1.165) is 26.1 Å². The molecule has 2 heteroatoms. The van der Waals surface area contributed by atoms with E-state index in [0.29, 0.717) is 0 Å². The normalized spacial score (nSPS) is 30.0. The second kappa shape index (κ2) is 9.47. The Kier molecular flexibility index (Phi) is 9.42. The smallest absolute Gasteiger partial charge is 0.0319 e. The molecule has 2 bridgehead atoms. The van der Waals surface area contributed by atoms with E-state index in [1.165, 1.54) is 12.8 Å². The highest BCUT2D eigenvalue weighted by atomic mass is 16.2. The first-order chi connectivity index (χ1) is 6.95. The predicted molar refractivity (Wildman–Crippen MR) is 60.2 cm³/mol. The molecule has 2 N–H and O–H groups in total. The van der Waals surface area contributed by atoms with Crippen LogP contribution in [0.15, 0.2) is 0 Å². The van der Waals surface area contributed by atoms with Crippen molar-refractivity contribution < 1.29 is 10.2 Å². The Hall–Kier alpha value is -0.0800. The zero-order valence-electron chi connectivity index (χ0n) is 9.71. The minimum absolute atomic E-state index is 1.00. The molecule has 14 heavy (non-hydrogen) atoms. The van der Waals surface area contributed by atoms with E-state index < -0.39 is 0 Å². The monoisotopic (exact) mass is 202 g/mol. The van der Waals surface area contributed by atoms with Gasteiger partial charge in [0.25, 0.3) is 0 Å². The number of hydrogen-bond acceptors (Lipinski definition) is 2. The predicted octanol–water partition coefficient (Wildman–Crippen LogP) is 2.58. The molecule has 0 aromatic carbocycles. The first-order valence-electron chi connectivity index (χ1n) is 5.84. The Labute approximate surface area is 88.3 Å². The Bertz CT molecular complexity index is 87.4. The number of hydrogen-bond donors (Lipinski definition) is 2. The molecule has 0 amide bonds. The summed E-state index contributed by atoms with van der Waals surface area (Å²) in [7, 11) is 2.00.